The number of hydrogen-bond acceptors (Lipinski definition) is 0. The summed E-state index contributed by atoms with van der Waals surface area (Å²) in [5.74, 6) is 0. The molecule has 0 N–H and O–H groups in total. The molecular weight excluding hydrogens is 206 g/mol. The minimum Gasteiger partial charge on any atom is -0.340 e. The number of rotatable bonds is 2. The van der Waals surface area contributed by atoms with Gasteiger partial charge in [-0.25, -0.2) is 0 Å². The summed E-state index contributed by atoms with van der Waals surface area (Å²) in [4.78, 5) is 0. The molecule has 3 rings (SSSR count). The Kier molecular flexibility index (Phi) is 2.45. The van der Waals surface area contributed by atoms with E-state index in [1.165, 1.54) is 16.5 Å². The van der Waals surface area contributed by atoms with E-state index in [9.17, 15) is 0 Å². The topological polar surface area (TPSA) is 4.93 Å². The summed E-state index contributed by atoms with van der Waals surface area (Å²) in [6, 6.07) is 21.7. The average Bonchev–Trinajstić information content (AvgIpc) is 2.83. The minimum absolute atomic E-state index is 0.371. The molecule has 1 nitrogen and oxygen atoms in total. The van der Waals surface area contributed by atoms with Gasteiger partial charge in [-0.15, -0.1) is 0 Å². The smallest absolute Gasteiger partial charge is 0.0557 e. The van der Waals surface area contributed by atoms with Crippen molar-refractivity contribution in [1.82, 2.24) is 4.57 Å². The van der Waals surface area contributed by atoms with E-state index in [2.05, 4.69) is 78.4 Å². The van der Waals surface area contributed by atoms with Crippen LogP contribution in [-0.4, -0.2) is 4.57 Å². The van der Waals surface area contributed by atoms with E-state index in [0.29, 0.717) is 6.04 Å². The number of hydrogen-bond donors (Lipinski definition) is 0. The minimum atomic E-state index is 0.371. The second-order valence-corrected chi connectivity index (χ2v) is 4.37. The van der Waals surface area contributed by atoms with E-state index in [-0.39, 0.29) is 0 Å². The Labute approximate surface area is 101 Å². The van der Waals surface area contributed by atoms with E-state index in [4.69, 9.17) is 0 Å². The van der Waals surface area contributed by atoms with Crippen molar-refractivity contribution in [2.75, 3.05) is 0 Å². The largest absolute Gasteiger partial charge is 0.340 e. The number of aromatic nitrogens is 1. The molecular formula is C16H15N. The summed E-state index contributed by atoms with van der Waals surface area (Å²) in [7, 11) is 0. The van der Waals surface area contributed by atoms with Gasteiger partial charge in [0.2, 0.25) is 0 Å². The van der Waals surface area contributed by atoms with Crippen molar-refractivity contribution in [2.24, 2.45) is 0 Å². The third kappa shape index (κ3) is 1.74. The Morgan fingerprint density at radius 3 is 2.35 bits per heavy atom. The van der Waals surface area contributed by atoms with Crippen molar-refractivity contribution in [1.29, 1.82) is 0 Å². The average molecular weight is 221 g/mol. The highest BCUT2D eigenvalue weighted by atomic mass is 15.0. The van der Waals surface area contributed by atoms with Gasteiger partial charge in [0, 0.05) is 11.7 Å². The third-order valence-electron chi connectivity index (χ3n) is 3.33. The van der Waals surface area contributed by atoms with Crippen LogP contribution in [0.1, 0.15) is 18.5 Å². The van der Waals surface area contributed by atoms with Gasteiger partial charge in [0.15, 0.2) is 0 Å². The van der Waals surface area contributed by atoms with Crippen molar-refractivity contribution in [3.05, 3.63) is 72.4 Å². The van der Waals surface area contributed by atoms with Crippen LogP contribution in [0.15, 0.2) is 66.9 Å². The fraction of sp³-hybridized carbons (Fsp3) is 0.125. The molecule has 1 heterocycles. The number of para-hydroxylation sites is 1. The van der Waals surface area contributed by atoms with Crippen LogP contribution in [0.25, 0.3) is 10.9 Å². The Bertz CT molecular complexity index is 622. The first-order chi connectivity index (χ1) is 8.36. The van der Waals surface area contributed by atoms with E-state index in [0.717, 1.165) is 0 Å². The summed E-state index contributed by atoms with van der Waals surface area (Å²) in [6.07, 6.45) is 2.17. The Balaban J connectivity index is 2.10. The molecule has 1 heteroatoms. The molecule has 0 spiro atoms. The van der Waals surface area contributed by atoms with Crippen LogP contribution >= 0.6 is 0 Å². The number of fused-ring (bicyclic) bond motifs is 1. The van der Waals surface area contributed by atoms with Crippen LogP contribution in [0.3, 0.4) is 0 Å². The highest BCUT2D eigenvalue weighted by molar-refractivity contribution is 5.80. The van der Waals surface area contributed by atoms with Crippen molar-refractivity contribution in [2.45, 2.75) is 13.0 Å². The van der Waals surface area contributed by atoms with Crippen molar-refractivity contribution in [3.8, 4) is 0 Å². The van der Waals surface area contributed by atoms with E-state index >= 15 is 0 Å². The highest BCUT2D eigenvalue weighted by Gasteiger charge is 2.09. The Morgan fingerprint density at radius 1 is 0.824 bits per heavy atom. The Hall–Kier alpha value is -2.02. The predicted octanol–water partition coefficient (Wildman–Crippen LogP) is 4.25. The molecule has 0 saturated carbocycles. The number of nitrogens with zero attached hydrogens (tertiary/aromatic N) is 1. The van der Waals surface area contributed by atoms with Crippen LogP contribution in [-0.2, 0) is 0 Å². The van der Waals surface area contributed by atoms with Gasteiger partial charge >= 0.3 is 0 Å². The monoisotopic (exact) mass is 221 g/mol. The fourth-order valence-electron chi connectivity index (χ4n) is 2.33. The van der Waals surface area contributed by atoms with Gasteiger partial charge in [-0.3, -0.25) is 0 Å². The molecule has 0 bridgehead atoms. The van der Waals surface area contributed by atoms with Crippen molar-refractivity contribution < 1.29 is 0 Å². The first kappa shape index (κ1) is 10.2. The van der Waals surface area contributed by atoms with Crippen molar-refractivity contribution >= 4 is 10.9 Å². The molecule has 2 aromatic carbocycles. The molecule has 1 aromatic heterocycles. The lowest BCUT2D eigenvalue weighted by Crippen LogP contribution is -2.04. The maximum atomic E-state index is 2.32. The van der Waals surface area contributed by atoms with Gasteiger partial charge in [-0.05, 0) is 30.0 Å². The van der Waals surface area contributed by atoms with Crippen LogP contribution in [0.5, 0.6) is 0 Å². The van der Waals surface area contributed by atoms with Crippen LogP contribution < -0.4 is 0 Å². The molecule has 1 atom stereocenters. The summed E-state index contributed by atoms with van der Waals surface area (Å²) in [5, 5.41) is 1.30. The molecule has 0 saturated heterocycles. The lowest BCUT2D eigenvalue weighted by Gasteiger charge is -2.15. The molecule has 0 amide bonds. The summed E-state index contributed by atoms with van der Waals surface area (Å²) in [6.45, 7) is 2.24. The second-order valence-electron chi connectivity index (χ2n) is 4.37. The lowest BCUT2D eigenvalue weighted by molar-refractivity contribution is 0.664. The fourth-order valence-corrected chi connectivity index (χ4v) is 2.33. The second kappa shape index (κ2) is 4.10. The lowest BCUT2D eigenvalue weighted by atomic mass is 10.1. The molecule has 0 aliphatic carbocycles. The normalized spacial score (nSPS) is 12.8. The maximum absolute atomic E-state index is 2.32. The Morgan fingerprint density at radius 2 is 1.53 bits per heavy atom. The van der Waals surface area contributed by atoms with Gasteiger partial charge < -0.3 is 4.57 Å². The number of benzene rings is 2. The molecule has 0 fully saturated rings. The quantitative estimate of drug-likeness (QED) is 0.609. The van der Waals surface area contributed by atoms with Crippen LogP contribution in [0.4, 0.5) is 0 Å². The predicted molar refractivity (Wildman–Crippen MR) is 72.2 cm³/mol. The van der Waals surface area contributed by atoms with Crippen molar-refractivity contribution in [3.63, 3.8) is 0 Å². The summed E-state index contributed by atoms with van der Waals surface area (Å²) >= 11 is 0. The molecule has 0 aliphatic heterocycles. The zero-order valence-corrected chi connectivity index (χ0v) is 9.88. The van der Waals surface area contributed by atoms with E-state index in [1.807, 2.05) is 0 Å². The highest BCUT2D eigenvalue weighted by Crippen LogP contribution is 2.24. The van der Waals surface area contributed by atoms with Gasteiger partial charge in [-0.1, -0.05) is 48.5 Å². The first-order valence-corrected chi connectivity index (χ1v) is 5.97. The van der Waals surface area contributed by atoms with Crippen LogP contribution in [0.2, 0.25) is 0 Å². The van der Waals surface area contributed by atoms with Gasteiger partial charge in [0.1, 0.15) is 0 Å². The summed E-state index contributed by atoms with van der Waals surface area (Å²) in [5.41, 5.74) is 2.64. The molecule has 3 aromatic rings. The molecule has 0 radical (unpaired) electrons. The van der Waals surface area contributed by atoms with E-state index in [1.54, 1.807) is 0 Å². The standard InChI is InChI=1S/C16H15N/c1-13(14-7-3-2-4-8-14)17-12-11-15-9-5-6-10-16(15)17/h2-13H,1H3. The first-order valence-electron chi connectivity index (χ1n) is 5.97. The van der Waals surface area contributed by atoms with Gasteiger partial charge in [-0.2, -0.15) is 0 Å². The molecule has 0 aliphatic rings. The zero-order valence-electron chi connectivity index (χ0n) is 9.88. The maximum Gasteiger partial charge on any atom is 0.0557 e. The van der Waals surface area contributed by atoms with E-state index < -0.39 is 0 Å². The molecule has 84 valence electrons. The molecule has 1 unspecified atom stereocenters. The van der Waals surface area contributed by atoms with Gasteiger partial charge in [0.25, 0.3) is 0 Å². The van der Waals surface area contributed by atoms with Gasteiger partial charge in [0.05, 0.1) is 6.04 Å². The third-order valence-corrected chi connectivity index (χ3v) is 3.33. The zero-order chi connectivity index (χ0) is 11.7. The van der Waals surface area contributed by atoms with Crippen LogP contribution in [0, 0.1) is 0 Å². The SMILES string of the molecule is CC(c1ccccc1)n1ccc2ccccc21. The summed E-state index contributed by atoms with van der Waals surface area (Å²) < 4.78 is 2.32. The molecule has 17 heavy (non-hydrogen) atoms.